The van der Waals surface area contributed by atoms with Crippen LogP contribution in [0.3, 0.4) is 0 Å². The van der Waals surface area contributed by atoms with Crippen molar-refractivity contribution in [3.63, 3.8) is 0 Å². The van der Waals surface area contributed by atoms with Crippen LogP contribution in [0.25, 0.3) is 0 Å². The third kappa shape index (κ3) is 5.18. The molecule has 1 atom stereocenters. The third-order valence-corrected chi connectivity index (χ3v) is 3.70. The van der Waals surface area contributed by atoms with Gasteiger partial charge in [0.15, 0.2) is 0 Å². The Morgan fingerprint density at radius 3 is 2.82 bits per heavy atom. The van der Waals surface area contributed by atoms with Crippen molar-refractivity contribution >= 4 is 11.8 Å². The van der Waals surface area contributed by atoms with Gasteiger partial charge in [-0.2, -0.15) is 0 Å². The molecule has 2 amide bonds. The number of urea groups is 1. The highest BCUT2D eigenvalue weighted by Crippen LogP contribution is 2.12. The number of hydrogen-bond donors (Lipinski definition) is 2. The average Bonchev–Trinajstić information content (AvgIpc) is 2.54. The second-order valence-electron chi connectivity index (χ2n) is 5.64. The number of pyridine rings is 1. The van der Waals surface area contributed by atoms with Crippen molar-refractivity contribution < 1.29 is 9.53 Å². The Kier molecular flexibility index (Phi) is 6.45. The van der Waals surface area contributed by atoms with Gasteiger partial charge in [-0.3, -0.25) is 0 Å². The van der Waals surface area contributed by atoms with Crippen LogP contribution in [0.5, 0.6) is 0 Å². The van der Waals surface area contributed by atoms with Gasteiger partial charge in [0.25, 0.3) is 0 Å². The van der Waals surface area contributed by atoms with E-state index in [0.717, 1.165) is 50.5 Å². The molecule has 2 N–H and O–H groups in total. The lowest BCUT2D eigenvalue weighted by Gasteiger charge is -2.27. The van der Waals surface area contributed by atoms with Gasteiger partial charge in [-0.15, -0.1) is 0 Å². The first kappa shape index (κ1) is 16.5. The van der Waals surface area contributed by atoms with Crippen molar-refractivity contribution in [3.05, 3.63) is 23.9 Å². The molecule has 6 heteroatoms. The summed E-state index contributed by atoms with van der Waals surface area (Å²) >= 11 is 0. The summed E-state index contributed by atoms with van der Waals surface area (Å²) in [5.41, 5.74) is 0.996. The smallest absolute Gasteiger partial charge is 0.315 e. The number of carbonyl (C=O) groups is 1. The van der Waals surface area contributed by atoms with Crippen molar-refractivity contribution in [1.29, 1.82) is 0 Å². The minimum Gasteiger partial charge on any atom is -0.378 e. The zero-order chi connectivity index (χ0) is 15.8. The maximum atomic E-state index is 11.8. The number of rotatable bonds is 6. The Bertz CT molecular complexity index is 458. The van der Waals surface area contributed by atoms with E-state index in [0.29, 0.717) is 6.54 Å². The van der Waals surface area contributed by atoms with Gasteiger partial charge in [-0.1, -0.05) is 19.4 Å². The first-order valence-electron chi connectivity index (χ1n) is 8.01. The molecule has 1 aromatic rings. The first-order chi connectivity index (χ1) is 10.7. The minimum atomic E-state index is -0.127. The summed E-state index contributed by atoms with van der Waals surface area (Å²) in [7, 11) is 0. The Hall–Kier alpha value is -1.82. The van der Waals surface area contributed by atoms with Crippen LogP contribution < -0.4 is 15.5 Å². The van der Waals surface area contributed by atoms with Crippen LogP contribution in [0.1, 0.15) is 32.3 Å². The summed E-state index contributed by atoms with van der Waals surface area (Å²) in [4.78, 5) is 18.4. The second kappa shape index (κ2) is 8.58. The molecule has 2 rings (SSSR count). The van der Waals surface area contributed by atoms with Crippen LogP contribution in [0, 0.1) is 0 Å². The van der Waals surface area contributed by atoms with Gasteiger partial charge in [-0.05, 0) is 25.0 Å². The van der Waals surface area contributed by atoms with Crippen molar-refractivity contribution in [2.75, 3.05) is 31.2 Å². The summed E-state index contributed by atoms with van der Waals surface area (Å²) in [6, 6.07) is 4.08. The molecule has 1 aromatic heterocycles. The zero-order valence-electron chi connectivity index (χ0n) is 13.5. The van der Waals surface area contributed by atoms with E-state index in [1.165, 1.54) is 0 Å². The molecule has 2 heterocycles. The Morgan fingerprint density at radius 2 is 2.18 bits per heavy atom. The Labute approximate surface area is 132 Å². The van der Waals surface area contributed by atoms with Gasteiger partial charge in [0.2, 0.25) is 0 Å². The topological polar surface area (TPSA) is 66.5 Å². The molecule has 0 aromatic carbocycles. The van der Waals surface area contributed by atoms with E-state index in [4.69, 9.17) is 4.74 Å². The number of morpholine rings is 1. The number of carbonyl (C=O) groups excluding carboxylic acids is 1. The molecule has 0 bridgehead atoms. The van der Waals surface area contributed by atoms with E-state index >= 15 is 0 Å². The summed E-state index contributed by atoms with van der Waals surface area (Å²) < 4.78 is 5.33. The molecular weight excluding hydrogens is 280 g/mol. The summed E-state index contributed by atoms with van der Waals surface area (Å²) in [5.74, 6) is 0.966. The Balaban J connectivity index is 1.77. The second-order valence-corrected chi connectivity index (χ2v) is 5.64. The van der Waals surface area contributed by atoms with Gasteiger partial charge in [0.05, 0.1) is 13.2 Å². The first-order valence-corrected chi connectivity index (χ1v) is 8.01. The maximum Gasteiger partial charge on any atom is 0.315 e. The average molecular weight is 306 g/mol. The van der Waals surface area contributed by atoms with E-state index < -0.39 is 0 Å². The number of anilines is 1. The molecule has 0 spiro atoms. The van der Waals surface area contributed by atoms with Crippen LogP contribution >= 0.6 is 0 Å². The van der Waals surface area contributed by atoms with E-state index in [2.05, 4.69) is 27.4 Å². The number of nitrogens with one attached hydrogen (secondary N) is 2. The highest BCUT2D eigenvalue weighted by Gasteiger charge is 2.12. The SMILES string of the molecule is CCC[C@@H](C)NC(=O)NCc1ccc(N2CCOCC2)nc1. The maximum absolute atomic E-state index is 11.8. The third-order valence-electron chi connectivity index (χ3n) is 3.70. The fourth-order valence-corrected chi connectivity index (χ4v) is 2.46. The molecule has 122 valence electrons. The molecule has 1 aliphatic heterocycles. The molecule has 1 aliphatic rings. The van der Waals surface area contributed by atoms with Gasteiger partial charge in [-0.25, -0.2) is 9.78 Å². The van der Waals surface area contributed by atoms with E-state index in [1.807, 2.05) is 25.3 Å². The lowest BCUT2D eigenvalue weighted by Crippen LogP contribution is -2.40. The molecule has 0 radical (unpaired) electrons. The van der Waals surface area contributed by atoms with Crippen LogP contribution in [0.15, 0.2) is 18.3 Å². The van der Waals surface area contributed by atoms with E-state index in [-0.39, 0.29) is 12.1 Å². The fourth-order valence-electron chi connectivity index (χ4n) is 2.46. The van der Waals surface area contributed by atoms with Gasteiger partial charge in [0.1, 0.15) is 5.82 Å². The predicted octanol–water partition coefficient (Wildman–Crippen LogP) is 1.91. The van der Waals surface area contributed by atoms with Crippen LogP contribution in [0.2, 0.25) is 0 Å². The number of nitrogens with zero attached hydrogens (tertiary/aromatic N) is 2. The van der Waals surface area contributed by atoms with Crippen molar-refractivity contribution in [3.8, 4) is 0 Å². The standard InChI is InChI=1S/C16H26N4O2/c1-3-4-13(2)19-16(21)18-12-14-5-6-15(17-11-14)20-7-9-22-10-8-20/h5-6,11,13H,3-4,7-10,12H2,1-2H3,(H2,18,19,21)/t13-/m1/s1. The highest BCUT2D eigenvalue weighted by molar-refractivity contribution is 5.74. The highest BCUT2D eigenvalue weighted by atomic mass is 16.5. The normalized spacial score (nSPS) is 16.2. The Morgan fingerprint density at radius 1 is 1.41 bits per heavy atom. The molecule has 1 fully saturated rings. The number of ether oxygens (including phenoxy) is 1. The van der Waals surface area contributed by atoms with Crippen LogP contribution in [0.4, 0.5) is 10.6 Å². The van der Waals surface area contributed by atoms with Gasteiger partial charge >= 0.3 is 6.03 Å². The van der Waals surface area contributed by atoms with Crippen LogP contribution in [-0.2, 0) is 11.3 Å². The predicted molar refractivity (Wildman–Crippen MR) is 87.0 cm³/mol. The van der Waals surface area contributed by atoms with E-state index in [9.17, 15) is 4.79 Å². The van der Waals surface area contributed by atoms with Gasteiger partial charge in [0, 0.05) is 31.9 Å². The van der Waals surface area contributed by atoms with Crippen molar-refractivity contribution in [1.82, 2.24) is 15.6 Å². The lowest BCUT2D eigenvalue weighted by molar-refractivity contribution is 0.122. The molecule has 0 unspecified atom stereocenters. The fraction of sp³-hybridized carbons (Fsp3) is 0.625. The van der Waals surface area contributed by atoms with E-state index in [1.54, 1.807) is 0 Å². The molecule has 22 heavy (non-hydrogen) atoms. The molecule has 6 nitrogen and oxygen atoms in total. The quantitative estimate of drug-likeness (QED) is 0.842. The minimum absolute atomic E-state index is 0.127. The van der Waals surface area contributed by atoms with Crippen molar-refractivity contribution in [2.24, 2.45) is 0 Å². The summed E-state index contributed by atoms with van der Waals surface area (Å²) in [6.07, 6.45) is 3.87. The van der Waals surface area contributed by atoms with Gasteiger partial charge < -0.3 is 20.3 Å². The molecule has 0 aliphatic carbocycles. The molecule has 1 saturated heterocycles. The number of aromatic nitrogens is 1. The number of amides is 2. The summed E-state index contributed by atoms with van der Waals surface area (Å²) in [5, 5.41) is 5.79. The molecular formula is C16H26N4O2. The summed E-state index contributed by atoms with van der Waals surface area (Å²) in [6.45, 7) is 7.87. The lowest BCUT2D eigenvalue weighted by atomic mass is 10.2. The molecule has 0 saturated carbocycles. The van der Waals surface area contributed by atoms with Crippen LogP contribution in [-0.4, -0.2) is 43.4 Å². The number of hydrogen-bond acceptors (Lipinski definition) is 4. The van der Waals surface area contributed by atoms with Crippen molar-refractivity contribution in [2.45, 2.75) is 39.3 Å². The monoisotopic (exact) mass is 306 g/mol. The zero-order valence-corrected chi connectivity index (χ0v) is 13.5. The largest absolute Gasteiger partial charge is 0.378 e.